The van der Waals surface area contributed by atoms with Crippen LogP contribution < -0.4 is 18.9 Å². The number of para-hydroxylation sites is 2. The number of aryl methyl sites for hydroxylation is 4. The van der Waals surface area contributed by atoms with Crippen LogP contribution in [0.15, 0.2) is 133 Å². The summed E-state index contributed by atoms with van der Waals surface area (Å²) >= 11 is 0. The monoisotopic (exact) mass is 1240 g/mol. The highest BCUT2D eigenvalue weighted by Gasteiger charge is 2.46. The van der Waals surface area contributed by atoms with Crippen molar-refractivity contribution in [2.75, 3.05) is 19.9 Å². The molecule has 6 aromatic rings. The first-order valence-corrected chi connectivity index (χ1v) is 46.9. The van der Waals surface area contributed by atoms with Gasteiger partial charge in [0, 0.05) is 11.8 Å². The summed E-state index contributed by atoms with van der Waals surface area (Å²) in [4.78, 5) is 25.7. The summed E-state index contributed by atoms with van der Waals surface area (Å²) in [6.45, 7) is 29.9. The van der Waals surface area contributed by atoms with Gasteiger partial charge in [0.25, 0.3) is 0 Å². The van der Waals surface area contributed by atoms with Gasteiger partial charge in [-0.05, 0) is 216 Å². The standard InChI is InChI=1S/C67H93O11Si6/c1-16-65(68)74-64-38-24-18-30-56(64)32-25-27-43-83(14,77-82(12,13)75-79(5)6)50-72-81(10,11)78-84(15,76-80(7,8)9)44-28-26-31-55-29-17-23-37-63(55)71-49-66(69)73-62-42-40-54(46-52(62)3)48-67(47-53-39-41-61(70-4)51(2)45-53)59-35-21-19-33-57(59)58-34-20-22-36-60(58)67/h17-24,29-30,33-42,45-46H,16,25-28,31-32,43-44,47-50H2,1-15H3. The van der Waals surface area contributed by atoms with Crippen molar-refractivity contribution < 1.29 is 49.4 Å². The van der Waals surface area contributed by atoms with Crippen molar-refractivity contribution in [3.05, 3.63) is 178 Å². The minimum atomic E-state index is -2.74. The number of methoxy groups -OCH3 is 1. The summed E-state index contributed by atoms with van der Waals surface area (Å²) in [5.41, 5.74) is 11.4. The molecule has 0 bridgehead atoms. The van der Waals surface area contributed by atoms with Crippen molar-refractivity contribution in [2.45, 2.75) is 168 Å². The van der Waals surface area contributed by atoms with E-state index >= 15 is 0 Å². The van der Waals surface area contributed by atoms with Gasteiger partial charge in [0.1, 0.15) is 23.0 Å². The van der Waals surface area contributed by atoms with Gasteiger partial charge in [-0.15, -0.1) is 0 Å². The Morgan fingerprint density at radius 1 is 0.536 bits per heavy atom. The Morgan fingerprint density at radius 3 is 1.60 bits per heavy atom. The first-order chi connectivity index (χ1) is 39.7. The average molecular weight is 1240 g/mol. The minimum Gasteiger partial charge on any atom is -0.496 e. The number of esters is 2. The molecule has 0 saturated carbocycles. The lowest BCUT2D eigenvalue weighted by Crippen LogP contribution is -2.57. The first-order valence-electron chi connectivity index (χ1n) is 30.1. The van der Waals surface area contributed by atoms with Gasteiger partial charge in [0.15, 0.2) is 24.0 Å². The fourth-order valence-corrected chi connectivity index (χ4v) is 37.6. The summed E-state index contributed by atoms with van der Waals surface area (Å²) < 4.78 is 58.5. The largest absolute Gasteiger partial charge is 0.496 e. The molecule has 2 atom stereocenters. The highest BCUT2D eigenvalue weighted by molar-refractivity contribution is 6.88. The summed E-state index contributed by atoms with van der Waals surface area (Å²) in [5.74, 6) is 2.05. The zero-order valence-electron chi connectivity index (χ0n) is 52.9. The summed E-state index contributed by atoms with van der Waals surface area (Å²) in [6.07, 6.45) is 7.67. The molecular weight excluding hydrogens is 1150 g/mol. The molecule has 451 valence electrons. The van der Waals surface area contributed by atoms with Gasteiger partial charge in [-0.3, -0.25) is 4.79 Å². The Bertz CT molecular complexity index is 3130. The van der Waals surface area contributed by atoms with Crippen LogP contribution in [0.25, 0.3) is 11.1 Å². The molecule has 0 aromatic heterocycles. The number of carbonyl (C=O) groups excluding carboxylic acids is 2. The van der Waals surface area contributed by atoms with Gasteiger partial charge >= 0.3 is 37.6 Å². The van der Waals surface area contributed by atoms with E-state index in [4.69, 9.17) is 39.8 Å². The first kappa shape index (κ1) is 66.5. The second kappa shape index (κ2) is 29.1. The lowest BCUT2D eigenvalue weighted by molar-refractivity contribution is -0.136. The van der Waals surface area contributed by atoms with Gasteiger partial charge in [-0.1, -0.05) is 129 Å². The fourth-order valence-electron chi connectivity index (χ4n) is 12.2. The van der Waals surface area contributed by atoms with E-state index in [1.165, 1.54) is 27.8 Å². The zero-order chi connectivity index (χ0) is 60.9. The molecule has 1 radical (unpaired) electrons. The van der Waals surface area contributed by atoms with Crippen molar-refractivity contribution >= 4 is 63.3 Å². The van der Waals surface area contributed by atoms with E-state index in [1.807, 2.05) is 62.4 Å². The van der Waals surface area contributed by atoms with Crippen LogP contribution in [-0.2, 0) is 61.6 Å². The van der Waals surface area contributed by atoms with Gasteiger partial charge < -0.3 is 39.8 Å². The number of fused-ring (bicyclic) bond motifs is 3. The Hall–Kier alpha value is -5.04. The number of benzene rings is 6. The van der Waals surface area contributed by atoms with Gasteiger partial charge in [0.2, 0.25) is 8.32 Å². The van der Waals surface area contributed by atoms with E-state index in [0.717, 1.165) is 97.0 Å². The molecule has 0 amide bonds. The van der Waals surface area contributed by atoms with E-state index in [9.17, 15) is 9.59 Å². The maximum absolute atomic E-state index is 13.6. The van der Waals surface area contributed by atoms with Crippen molar-refractivity contribution in [1.82, 2.24) is 0 Å². The predicted octanol–water partition coefficient (Wildman–Crippen LogP) is 16.5. The lowest BCUT2D eigenvalue weighted by Gasteiger charge is -2.41. The van der Waals surface area contributed by atoms with Crippen molar-refractivity contribution in [2.24, 2.45) is 0 Å². The van der Waals surface area contributed by atoms with Crippen molar-refractivity contribution in [3.8, 4) is 34.1 Å². The fraction of sp³-hybridized carbons (Fsp3) is 0.433. The quantitative estimate of drug-likeness (QED) is 0.0174. The molecule has 6 aromatic carbocycles. The van der Waals surface area contributed by atoms with Crippen LogP contribution in [0.4, 0.5) is 0 Å². The van der Waals surface area contributed by atoms with Crippen LogP contribution in [0.1, 0.15) is 83.5 Å². The van der Waals surface area contributed by atoms with E-state index in [-0.39, 0.29) is 18.0 Å². The molecule has 0 saturated heterocycles. The normalized spacial score (nSPS) is 14.5. The average Bonchev–Trinajstić information content (AvgIpc) is 1.98. The van der Waals surface area contributed by atoms with Crippen LogP contribution in [0, 0.1) is 13.8 Å². The minimum absolute atomic E-state index is 0.219. The number of carbonyl (C=O) groups is 2. The third-order valence-corrected chi connectivity index (χ3v) is 35.3. The molecule has 0 heterocycles. The Labute approximate surface area is 509 Å². The Balaban J connectivity index is 0.951. The highest BCUT2D eigenvalue weighted by atomic mass is 28.5. The summed E-state index contributed by atoms with van der Waals surface area (Å²) in [6, 6.07) is 47.9. The van der Waals surface area contributed by atoms with E-state index in [2.05, 4.69) is 164 Å². The van der Waals surface area contributed by atoms with E-state index < -0.39 is 57.3 Å². The third kappa shape index (κ3) is 18.7. The van der Waals surface area contributed by atoms with Crippen LogP contribution >= 0.6 is 0 Å². The highest BCUT2D eigenvalue weighted by Crippen LogP contribution is 2.52. The number of hydrogen-bond acceptors (Lipinski definition) is 11. The molecule has 0 N–H and O–H groups in total. The number of rotatable bonds is 32. The number of unbranched alkanes of at least 4 members (excludes halogenated alkanes) is 2. The molecular formula is C67H93O11Si6. The van der Waals surface area contributed by atoms with Gasteiger partial charge in [-0.25, -0.2) is 4.79 Å². The molecule has 17 heteroatoms. The topological polar surface area (TPSA) is 117 Å². The predicted molar refractivity (Wildman–Crippen MR) is 354 cm³/mol. The summed E-state index contributed by atoms with van der Waals surface area (Å²) in [7, 11) is -11.7. The lowest BCUT2D eigenvalue weighted by atomic mass is 9.69. The van der Waals surface area contributed by atoms with Crippen LogP contribution in [0.2, 0.25) is 84.1 Å². The van der Waals surface area contributed by atoms with Crippen LogP contribution in [0.5, 0.6) is 23.0 Å². The zero-order valence-corrected chi connectivity index (χ0v) is 58.9. The molecule has 7 rings (SSSR count). The molecule has 2 unspecified atom stereocenters. The number of hydrogen-bond donors (Lipinski definition) is 0. The molecule has 84 heavy (non-hydrogen) atoms. The summed E-state index contributed by atoms with van der Waals surface area (Å²) in [5, 5.41) is 0. The SMILES string of the molecule is CCC(=O)Oc1ccccc1CCCC[Si](C)(CO[Si](C)(C)O[Si](C)(CCCCc1ccccc1OCC(=O)Oc1ccc(CC2(Cc3ccc(OC)c(C)c3)c3ccccc3-c3ccccc32)cc1C)O[Si](C)(C)C)O[Si](C)(C)O[Si](C)C. The molecule has 1 aliphatic rings. The van der Waals surface area contributed by atoms with Crippen molar-refractivity contribution in [3.63, 3.8) is 0 Å². The second-order valence-corrected chi connectivity index (χ2v) is 46.9. The third-order valence-electron chi connectivity index (χ3n) is 15.3. The maximum atomic E-state index is 13.6. The van der Waals surface area contributed by atoms with E-state index in [1.54, 1.807) is 7.11 Å². The van der Waals surface area contributed by atoms with Crippen molar-refractivity contribution in [1.29, 1.82) is 0 Å². The molecule has 1 aliphatic carbocycles. The Morgan fingerprint density at radius 2 is 1.05 bits per heavy atom. The Kier molecular flexibility index (Phi) is 23.0. The van der Waals surface area contributed by atoms with Crippen LogP contribution in [-0.4, -0.2) is 83.2 Å². The van der Waals surface area contributed by atoms with Gasteiger partial charge in [0.05, 0.1) is 13.3 Å². The molecule has 0 aliphatic heterocycles. The smallest absolute Gasteiger partial charge is 0.349 e. The second-order valence-electron chi connectivity index (χ2n) is 25.3. The molecule has 0 fully saturated rings. The van der Waals surface area contributed by atoms with Crippen LogP contribution in [0.3, 0.4) is 0 Å². The maximum Gasteiger partial charge on any atom is 0.349 e. The molecule has 11 nitrogen and oxygen atoms in total. The molecule has 0 spiro atoms. The van der Waals surface area contributed by atoms with Gasteiger partial charge in [-0.2, -0.15) is 0 Å². The van der Waals surface area contributed by atoms with E-state index in [0.29, 0.717) is 29.9 Å². The number of ether oxygens (including phenoxy) is 4.